The molecule has 0 saturated heterocycles. The van der Waals surface area contributed by atoms with E-state index in [0.29, 0.717) is 25.2 Å². The van der Waals surface area contributed by atoms with Crippen LogP contribution in [0, 0.1) is 12.8 Å². The average molecular weight is 396 g/mol. The Hall–Kier alpha value is -2.45. The summed E-state index contributed by atoms with van der Waals surface area (Å²) >= 11 is 0. The Morgan fingerprint density at radius 1 is 0.964 bits per heavy atom. The highest BCUT2D eigenvalue weighted by atomic mass is 16.4. The van der Waals surface area contributed by atoms with Crippen molar-refractivity contribution in [3.8, 4) is 0 Å². The van der Waals surface area contributed by atoms with Crippen LogP contribution in [0.25, 0.3) is 0 Å². The van der Waals surface area contributed by atoms with E-state index in [-0.39, 0.29) is 0 Å². The van der Waals surface area contributed by atoms with Crippen LogP contribution >= 0.6 is 0 Å². The van der Waals surface area contributed by atoms with Gasteiger partial charge >= 0.3 is 17.9 Å². The van der Waals surface area contributed by atoms with Gasteiger partial charge in [-0.25, -0.2) is 0 Å². The molecule has 8 nitrogen and oxygen atoms in total. The van der Waals surface area contributed by atoms with Crippen LogP contribution in [-0.2, 0) is 20.8 Å². The number of aryl methyl sites for hydroxylation is 2. The first-order chi connectivity index (χ1) is 12.9. The molecule has 158 valence electrons. The molecule has 0 bridgehead atoms. The third kappa shape index (κ3) is 11.3. The Morgan fingerprint density at radius 3 is 1.86 bits per heavy atom. The molecule has 3 atom stereocenters. The molecule has 0 aromatic heterocycles. The first-order valence-corrected chi connectivity index (χ1v) is 9.19. The molecule has 28 heavy (non-hydrogen) atoms. The first-order valence-electron chi connectivity index (χ1n) is 9.19. The lowest BCUT2D eigenvalue weighted by atomic mass is 10.0. The van der Waals surface area contributed by atoms with Crippen LogP contribution < -0.4 is 11.1 Å². The molecule has 0 unspecified atom stereocenters. The molecule has 8 heteroatoms. The zero-order valence-electron chi connectivity index (χ0n) is 16.9. The topological polar surface area (TPSA) is 150 Å². The number of nitrogens with one attached hydrogen (secondary N) is 1. The molecule has 0 amide bonds. The van der Waals surface area contributed by atoms with Crippen molar-refractivity contribution in [2.45, 2.75) is 65.1 Å². The number of hydrogen-bond donors (Lipinski definition) is 5. The molecule has 0 heterocycles. The molecule has 1 rings (SSSR count). The van der Waals surface area contributed by atoms with Gasteiger partial charge in [0.15, 0.2) is 0 Å². The maximum Gasteiger partial charge on any atom is 0.320 e. The van der Waals surface area contributed by atoms with E-state index in [1.807, 2.05) is 45.0 Å². The SMILES string of the molecule is CC(C)C[C@H](N)C(=O)O.Cc1ccc(CC[C@H](N[C@H](C)C(=O)O)C(=O)O)cc1. The highest BCUT2D eigenvalue weighted by molar-refractivity contribution is 5.77. The number of benzene rings is 1. The standard InChI is InChI=1S/C14H19NO4.C6H13NO2/c1-9-3-5-11(6-4-9)7-8-12(14(18)19)15-10(2)13(16)17;1-4(2)3-5(7)6(8)9/h3-6,10,12,15H,7-8H2,1-2H3,(H,16,17)(H,18,19);4-5H,3,7H2,1-2H3,(H,8,9)/t10-,12+;5-/m10/s1. The summed E-state index contributed by atoms with van der Waals surface area (Å²) in [7, 11) is 0. The Balaban J connectivity index is 0.000000684. The number of nitrogens with two attached hydrogens (primary N) is 1. The van der Waals surface area contributed by atoms with Crippen molar-refractivity contribution in [3.05, 3.63) is 35.4 Å². The largest absolute Gasteiger partial charge is 0.480 e. The van der Waals surface area contributed by atoms with Gasteiger partial charge in [0.2, 0.25) is 0 Å². The van der Waals surface area contributed by atoms with E-state index in [0.717, 1.165) is 11.1 Å². The van der Waals surface area contributed by atoms with Crippen molar-refractivity contribution in [2.24, 2.45) is 11.7 Å². The summed E-state index contributed by atoms with van der Waals surface area (Å²) in [5, 5.41) is 28.7. The van der Waals surface area contributed by atoms with Crippen molar-refractivity contribution < 1.29 is 29.7 Å². The second-order valence-corrected chi connectivity index (χ2v) is 7.22. The Morgan fingerprint density at radius 2 is 1.50 bits per heavy atom. The molecule has 0 radical (unpaired) electrons. The monoisotopic (exact) mass is 396 g/mol. The van der Waals surface area contributed by atoms with Crippen molar-refractivity contribution in [2.75, 3.05) is 0 Å². The van der Waals surface area contributed by atoms with Gasteiger partial charge in [0.1, 0.15) is 18.1 Å². The van der Waals surface area contributed by atoms with E-state index in [9.17, 15) is 14.4 Å². The molecule has 0 saturated carbocycles. The van der Waals surface area contributed by atoms with Gasteiger partial charge in [0.05, 0.1) is 0 Å². The Labute approximate surface area is 165 Å². The second kappa shape index (κ2) is 12.9. The quantitative estimate of drug-likeness (QED) is 0.402. The molecular weight excluding hydrogens is 364 g/mol. The van der Waals surface area contributed by atoms with Crippen LogP contribution in [0.2, 0.25) is 0 Å². The predicted molar refractivity (Wildman–Crippen MR) is 106 cm³/mol. The zero-order chi connectivity index (χ0) is 21.9. The third-order valence-corrected chi connectivity index (χ3v) is 4.00. The summed E-state index contributed by atoms with van der Waals surface area (Å²) < 4.78 is 0. The number of carboxylic acids is 3. The fourth-order valence-electron chi connectivity index (χ4n) is 2.33. The molecule has 1 aromatic carbocycles. The van der Waals surface area contributed by atoms with E-state index in [2.05, 4.69) is 5.32 Å². The van der Waals surface area contributed by atoms with E-state index in [1.165, 1.54) is 6.92 Å². The van der Waals surface area contributed by atoms with E-state index in [1.54, 1.807) is 0 Å². The van der Waals surface area contributed by atoms with Gasteiger partial charge in [-0.15, -0.1) is 0 Å². The van der Waals surface area contributed by atoms with Crippen molar-refractivity contribution >= 4 is 17.9 Å². The number of rotatable bonds is 10. The molecule has 0 spiro atoms. The van der Waals surface area contributed by atoms with Gasteiger partial charge in [0.25, 0.3) is 0 Å². The summed E-state index contributed by atoms with van der Waals surface area (Å²) in [4.78, 5) is 31.9. The van der Waals surface area contributed by atoms with Crippen LogP contribution in [0.5, 0.6) is 0 Å². The molecule has 0 aliphatic heterocycles. The van der Waals surface area contributed by atoms with Gasteiger partial charge < -0.3 is 21.1 Å². The summed E-state index contributed by atoms with van der Waals surface area (Å²) in [5.74, 6) is -2.64. The van der Waals surface area contributed by atoms with Crippen LogP contribution in [0.3, 0.4) is 0 Å². The lowest BCUT2D eigenvalue weighted by molar-refractivity contribution is -0.142. The summed E-state index contributed by atoms with van der Waals surface area (Å²) in [6.07, 6.45) is 1.50. The maximum absolute atomic E-state index is 11.1. The number of hydrogen-bond acceptors (Lipinski definition) is 5. The maximum atomic E-state index is 11.1. The zero-order valence-corrected chi connectivity index (χ0v) is 16.9. The molecule has 0 aliphatic carbocycles. The van der Waals surface area contributed by atoms with Crippen molar-refractivity contribution in [1.29, 1.82) is 0 Å². The third-order valence-electron chi connectivity index (χ3n) is 4.00. The van der Waals surface area contributed by atoms with Gasteiger partial charge in [0, 0.05) is 0 Å². The van der Waals surface area contributed by atoms with Crippen LogP contribution in [0.15, 0.2) is 24.3 Å². The fourth-order valence-corrected chi connectivity index (χ4v) is 2.33. The highest BCUT2D eigenvalue weighted by Crippen LogP contribution is 2.08. The molecule has 1 aromatic rings. The number of carboxylic acid groups (broad SMARTS) is 3. The minimum atomic E-state index is -1.05. The van der Waals surface area contributed by atoms with Gasteiger partial charge in [-0.2, -0.15) is 0 Å². The van der Waals surface area contributed by atoms with E-state index in [4.69, 9.17) is 21.1 Å². The fraction of sp³-hybridized carbons (Fsp3) is 0.550. The smallest absolute Gasteiger partial charge is 0.320 e. The predicted octanol–water partition coefficient (Wildman–Crippen LogP) is 1.89. The van der Waals surface area contributed by atoms with E-state index < -0.39 is 36.0 Å². The molecule has 0 aliphatic rings. The normalized spacial score (nSPS) is 13.8. The average Bonchev–Trinajstić information content (AvgIpc) is 2.59. The molecule has 0 fully saturated rings. The lowest BCUT2D eigenvalue weighted by Gasteiger charge is -2.17. The van der Waals surface area contributed by atoms with Gasteiger partial charge in [-0.05, 0) is 44.6 Å². The minimum absolute atomic E-state index is 0.357. The lowest BCUT2D eigenvalue weighted by Crippen LogP contribution is -2.45. The van der Waals surface area contributed by atoms with Crippen LogP contribution in [0.4, 0.5) is 0 Å². The van der Waals surface area contributed by atoms with E-state index >= 15 is 0 Å². The second-order valence-electron chi connectivity index (χ2n) is 7.22. The Kier molecular flexibility index (Phi) is 11.7. The van der Waals surface area contributed by atoms with Gasteiger partial charge in [-0.1, -0.05) is 43.7 Å². The summed E-state index contributed by atoms with van der Waals surface area (Å²) in [5.41, 5.74) is 7.41. The summed E-state index contributed by atoms with van der Waals surface area (Å²) in [6, 6.07) is 5.43. The van der Waals surface area contributed by atoms with Crippen molar-refractivity contribution in [3.63, 3.8) is 0 Å². The number of carbonyl (C=O) groups is 3. The summed E-state index contributed by atoms with van der Waals surface area (Å²) in [6.45, 7) is 7.32. The Bertz CT molecular complexity index is 630. The molecule has 6 N–H and O–H groups in total. The first kappa shape index (κ1) is 25.6. The van der Waals surface area contributed by atoms with Crippen LogP contribution in [-0.4, -0.2) is 51.4 Å². The molecular formula is C20H32N2O6. The minimum Gasteiger partial charge on any atom is -0.480 e. The van der Waals surface area contributed by atoms with Crippen LogP contribution in [0.1, 0.15) is 44.7 Å². The highest BCUT2D eigenvalue weighted by Gasteiger charge is 2.22. The van der Waals surface area contributed by atoms with Gasteiger partial charge in [-0.3, -0.25) is 19.7 Å². The van der Waals surface area contributed by atoms with Crippen molar-refractivity contribution in [1.82, 2.24) is 5.32 Å². The number of aliphatic carboxylic acids is 3.